The second kappa shape index (κ2) is 7.36. The van der Waals surface area contributed by atoms with Crippen LogP contribution in [-0.4, -0.2) is 20.1 Å². The second-order valence-corrected chi connectivity index (χ2v) is 6.28. The largest absolute Gasteiger partial charge is 0.352 e. The van der Waals surface area contributed by atoms with Crippen LogP contribution in [-0.2, 0) is 0 Å². The number of carbonyl (C=O) groups excluding carboxylic acids is 1. The number of hydrogen-bond acceptors (Lipinski definition) is 3. The van der Waals surface area contributed by atoms with Crippen molar-refractivity contribution in [1.29, 1.82) is 0 Å². The maximum atomic E-state index is 13.3. The molecule has 4 aromatic rings. The highest BCUT2D eigenvalue weighted by atomic mass is 16.2. The second-order valence-electron chi connectivity index (χ2n) is 6.28. The quantitative estimate of drug-likeness (QED) is 0.548. The molecule has 1 aromatic heterocycles. The van der Waals surface area contributed by atoms with Gasteiger partial charge in [-0.25, -0.2) is 23.9 Å². The van der Waals surface area contributed by atoms with E-state index in [1.807, 2.05) is 12.1 Å². The molecule has 6 heteroatoms. The number of carbonyl (C=O) groups is 1. The van der Waals surface area contributed by atoms with Crippen molar-refractivity contribution in [3.05, 3.63) is 123 Å². The van der Waals surface area contributed by atoms with Crippen molar-refractivity contribution in [2.45, 2.75) is 6.04 Å². The van der Waals surface area contributed by atoms with Crippen LogP contribution < -0.4 is 11.4 Å². The Morgan fingerprint density at radius 3 is 1.89 bits per heavy atom. The van der Waals surface area contributed by atoms with Crippen LogP contribution in [0.3, 0.4) is 0 Å². The van der Waals surface area contributed by atoms with Gasteiger partial charge in [-0.15, -0.1) is 0 Å². The van der Waals surface area contributed by atoms with Gasteiger partial charge in [0.15, 0.2) is 5.78 Å². The molecule has 0 saturated heterocycles. The Hall–Kier alpha value is -3.93. The SMILES string of the molecule is O=C(c1ccccc1)C(c1ccccc1)n1[nH]c(=O)n(-c2ccccc2)c1=O. The number of aromatic nitrogens is 3. The van der Waals surface area contributed by atoms with Gasteiger partial charge in [-0.2, -0.15) is 0 Å². The van der Waals surface area contributed by atoms with Crippen LogP contribution in [0.15, 0.2) is 101 Å². The van der Waals surface area contributed by atoms with E-state index in [0.717, 1.165) is 9.25 Å². The molecule has 0 bridgehead atoms. The van der Waals surface area contributed by atoms with Gasteiger partial charge in [-0.1, -0.05) is 78.9 Å². The third kappa shape index (κ3) is 3.12. The van der Waals surface area contributed by atoms with Crippen LogP contribution in [0.5, 0.6) is 0 Å². The lowest BCUT2D eigenvalue weighted by atomic mass is 9.97. The average molecular weight is 371 g/mol. The van der Waals surface area contributed by atoms with Gasteiger partial charge in [0.05, 0.1) is 5.69 Å². The molecule has 0 radical (unpaired) electrons. The molecule has 6 nitrogen and oxygen atoms in total. The van der Waals surface area contributed by atoms with Crippen LogP contribution in [0.25, 0.3) is 5.69 Å². The molecule has 4 rings (SSSR count). The number of ketones is 1. The minimum atomic E-state index is -0.978. The first-order chi connectivity index (χ1) is 13.7. The Kier molecular flexibility index (Phi) is 4.60. The fourth-order valence-corrected chi connectivity index (χ4v) is 3.19. The van der Waals surface area contributed by atoms with Crippen molar-refractivity contribution in [3.8, 4) is 5.69 Å². The van der Waals surface area contributed by atoms with Crippen LogP contribution >= 0.6 is 0 Å². The molecule has 1 heterocycles. The Morgan fingerprint density at radius 1 is 0.750 bits per heavy atom. The molecule has 0 spiro atoms. The Labute approximate surface area is 160 Å². The zero-order chi connectivity index (χ0) is 19.5. The summed E-state index contributed by atoms with van der Waals surface area (Å²) in [5.74, 6) is -0.282. The first-order valence-corrected chi connectivity index (χ1v) is 8.80. The van der Waals surface area contributed by atoms with Gasteiger partial charge in [0, 0.05) is 5.56 Å². The fraction of sp³-hybridized carbons (Fsp3) is 0.0455. The van der Waals surface area contributed by atoms with E-state index in [4.69, 9.17) is 0 Å². The van der Waals surface area contributed by atoms with E-state index < -0.39 is 17.4 Å². The Bertz CT molecular complexity index is 1210. The van der Waals surface area contributed by atoms with Crippen LogP contribution in [0.4, 0.5) is 0 Å². The first-order valence-electron chi connectivity index (χ1n) is 8.80. The lowest BCUT2D eigenvalue weighted by molar-refractivity contribution is 0.0937. The summed E-state index contributed by atoms with van der Waals surface area (Å²) in [6.45, 7) is 0. The molecule has 1 N–H and O–H groups in total. The molecule has 0 saturated carbocycles. The Balaban J connectivity index is 1.91. The van der Waals surface area contributed by atoms with Crippen molar-refractivity contribution in [3.63, 3.8) is 0 Å². The van der Waals surface area contributed by atoms with Crippen molar-refractivity contribution >= 4 is 5.78 Å². The monoisotopic (exact) mass is 371 g/mol. The maximum Gasteiger partial charge on any atom is 0.352 e. The van der Waals surface area contributed by atoms with E-state index in [9.17, 15) is 14.4 Å². The lowest BCUT2D eigenvalue weighted by Crippen LogP contribution is -2.33. The van der Waals surface area contributed by atoms with Crippen molar-refractivity contribution < 1.29 is 4.79 Å². The number of nitrogens with one attached hydrogen (secondary N) is 1. The summed E-state index contributed by atoms with van der Waals surface area (Å²) < 4.78 is 2.12. The third-order valence-corrected chi connectivity index (χ3v) is 4.51. The van der Waals surface area contributed by atoms with E-state index in [2.05, 4.69) is 5.10 Å². The fourth-order valence-electron chi connectivity index (χ4n) is 3.19. The van der Waals surface area contributed by atoms with Gasteiger partial charge in [0.2, 0.25) is 0 Å². The van der Waals surface area contributed by atoms with Crippen molar-refractivity contribution in [2.24, 2.45) is 0 Å². The molecule has 0 fully saturated rings. The lowest BCUT2D eigenvalue weighted by Gasteiger charge is -2.16. The van der Waals surface area contributed by atoms with Gasteiger partial charge in [-0.3, -0.25) is 4.79 Å². The maximum absolute atomic E-state index is 13.3. The number of aromatic amines is 1. The smallest absolute Gasteiger partial charge is 0.291 e. The molecule has 1 unspecified atom stereocenters. The van der Waals surface area contributed by atoms with Crippen LogP contribution in [0.1, 0.15) is 22.0 Å². The van der Waals surface area contributed by atoms with E-state index in [1.54, 1.807) is 78.9 Å². The summed E-state index contributed by atoms with van der Waals surface area (Å²) in [7, 11) is 0. The summed E-state index contributed by atoms with van der Waals surface area (Å²) in [6, 6.07) is 25.3. The molecule has 1 atom stereocenters. The number of H-pyrrole nitrogens is 1. The third-order valence-electron chi connectivity index (χ3n) is 4.51. The standard InChI is InChI=1S/C22H17N3O3/c26-20(17-12-6-2-7-13-17)19(16-10-4-1-5-11-16)25-22(28)24(21(27)23-25)18-14-8-3-9-15-18/h1-15,19H,(H,23,27). The van der Waals surface area contributed by atoms with E-state index in [0.29, 0.717) is 16.8 Å². The van der Waals surface area contributed by atoms with Gasteiger partial charge in [0.1, 0.15) is 6.04 Å². The normalized spacial score (nSPS) is 11.9. The van der Waals surface area contributed by atoms with Crippen molar-refractivity contribution in [2.75, 3.05) is 0 Å². The minimum absolute atomic E-state index is 0.282. The average Bonchev–Trinajstić information content (AvgIpc) is 3.04. The molecule has 138 valence electrons. The summed E-state index contributed by atoms with van der Waals surface area (Å²) in [5.41, 5.74) is 0.301. The van der Waals surface area contributed by atoms with Crippen LogP contribution in [0, 0.1) is 0 Å². The summed E-state index contributed by atoms with van der Waals surface area (Å²) >= 11 is 0. The molecule has 3 aromatic carbocycles. The van der Waals surface area contributed by atoms with Gasteiger partial charge >= 0.3 is 11.4 Å². The Morgan fingerprint density at radius 2 is 1.29 bits per heavy atom. The van der Waals surface area contributed by atoms with Crippen LogP contribution in [0.2, 0.25) is 0 Å². The van der Waals surface area contributed by atoms with Gasteiger partial charge in [-0.05, 0) is 17.7 Å². The molecule has 0 amide bonds. The summed E-state index contributed by atoms with van der Waals surface area (Å²) in [5, 5.41) is 2.55. The minimum Gasteiger partial charge on any atom is -0.291 e. The zero-order valence-corrected chi connectivity index (χ0v) is 14.9. The molecule has 0 aliphatic carbocycles. The highest BCUT2D eigenvalue weighted by Gasteiger charge is 2.28. The molecule has 28 heavy (non-hydrogen) atoms. The highest BCUT2D eigenvalue weighted by molar-refractivity contribution is 6.00. The van der Waals surface area contributed by atoms with E-state index in [-0.39, 0.29) is 5.78 Å². The number of para-hydroxylation sites is 1. The molecular weight excluding hydrogens is 354 g/mol. The number of nitrogens with zero attached hydrogens (tertiary/aromatic N) is 2. The topological polar surface area (TPSA) is 76.9 Å². The number of rotatable bonds is 5. The van der Waals surface area contributed by atoms with E-state index in [1.165, 1.54) is 0 Å². The number of benzene rings is 3. The van der Waals surface area contributed by atoms with E-state index >= 15 is 0 Å². The summed E-state index contributed by atoms with van der Waals surface area (Å²) in [4.78, 5) is 38.9. The van der Waals surface area contributed by atoms with Crippen molar-refractivity contribution in [1.82, 2.24) is 14.3 Å². The molecular formula is C22H17N3O3. The van der Waals surface area contributed by atoms with Gasteiger partial charge in [0.25, 0.3) is 0 Å². The molecule has 0 aliphatic heterocycles. The highest BCUT2D eigenvalue weighted by Crippen LogP contribution is 2.21. The predicted molar refractivity (Wildman–Crippen MR) is 106 cm³/mol. The first kappa shape index (κ1) is 17.5. The zero-order valence-electron chi connectivity index (χ0n) is 14.9. The number of Topliss-reactive ketones (excluding diaryl/α,β-unsaturated/α-hetero) is 1. The molecule has 0 aliphatic rings. The van der Waals surface area contributed by atoms with Gasteiger partial charge < -0.3 is 0 Å². The number of hydrogen-bond donors (Lipinski definition) is 1. The summed E-state index contributed by atoms with van der Waals surface area (Å²) in [6.07, 6.45) is 0. The predicted octanol–water partition coefficient (Wildman–Crippen LogP) is 2.80.